The number of pyridine rings is 1. The predicted octanol–water partition coefficient (Wildman–Crippen LogP) is 5.66. The van der Waals surface area contributed by atoms with E-state index in [-0.39, 0.29) is 6.09 Å². The second-order valence-corrected chi connectivity index (χ2v) is 8.82. The van der Waals surface area contributed by atoms with Crippen LogP contribution in [0, 0.1) is 13.8 Å². The summed E-state index contributed by atoms with van der Waals surface area (Å²) in [6.07, 6.45) is 7.64. The summed E-state index contributed by atoms with van der Waals surface area (Å²) >= 11 is 0. The molecule has 7 nitrogen and oxygen atoms in total. The summed E-state index contributed by atoms with van der Waals surface area (Å²) in [6.45, 7) is 5.49. The molecule has 0 bridgehead atoms. The Hall–Kier alpha value is -3.87. The largest absolute Gasteiger partial charge is 0.445 e. The van der Waals surface area contributed by atoms with Gasteiger partial charge in [-0.3, -0.25) is 0 Å². The fourth-order valence-electron chi connectivity index (χ4n) is 4.59. The molecule has 1 amide bonds. The summed E-state index contributed by atoms with van der Waals surface area (Å²) < 4.78 is 12.9. The highest BCUT2D eigenvalue weighted by atomic mass is 16.6. The number of rotatable bonds is 4. The first-order valence-electron chi connectivity index (χ1n) is 11.5. The fourth-order valence-corrected chi connectivity index (χ4v) is 4.59. The Morgan fingerprint density at radius 1 is 1.18 bits per heavy atom. The number of carbonyl (C=O) groups excluding carboxylic acids is 1. The second kappa shape index (κ2) is 9.17. The van der Waals surface area contributed by atoms with Gasteiger partial charge >= 0.3 is 6.09 Å². The number of amides is 1. The molecule has 4 heterocycles. The number of aromatic nitrogens is 3. The maximum absolute atomic E-state index is 12.5. The zero-order chi connectivity index (χ0) is 23.7. The third-order valence-corrected chi connectivity index (χ3v) is 6.40. The summed E-state index contributed by atoms with van der Waals surface area (Å²) in [5.74, 6) is 0.793. The number of likely N-dealkylation sites (tertiary alicyclic amines) is 1. The Labute approximate surface area is 198 Å². The van der Waals surface area contributed by atoms with Crippen LogP contribution in [-0.2, 0) is 18.4 Å². The van der Waals surface area contributed by atoms with Crippen LogP contribution in [0.3, 0.4) is 0 Å². The Morgan fingerprint density at radius 2 is 1.94 bits per heavy atom. The van der Waals surface area contributed by atoms with E-state index in [1.54, 1.807) is 4.90 Å². The lowest BCUT2D eigenvalue weighted by molar-refractivity contribution is 0.0936. The maximum atomic E-state index is 12.5. The molecule has 3 aromatic heterocycles. The van der Waals surface area contributed by atoms with Crippen molar-refractivity contribution in [2.45, 2.75) is 33.3 Å². The van der Waals surface area contributed by atoms with Gasteiger partial charge in [0, 0.05) is 54.6 Å². The average molecular weight is 457 g/mol. The number of ether oxygens (including phenoxy) is 1. The van der Waals surface area contributed by atoms with E-state index < -0.39 is 0 Å². The van der Waals surface area contributed by atoms with Crippen LogP contribution in [0.25, 0.3) is 28.2 Å². The van der Waals surface area contributed by atoms with Gasteiger partial charge < -0.3 is 18.7 Å². The summed E-state index contributed by atoms with van der Waals surface area (Å²) in [7, 11) is 2.01. The van der Waals surface area contributed by atoms with Crippen LogP contribution in [0.1, 0.15) is 35.4 Å². The van der Waals surface area contributed by atoms with Crippen LogP contribution in [0.5, 0.6) is 0 Å². The molecule has 5 rings (SSSR count). The molecule has 34 heavy (non-hydrogen) atoms. The zero-order valence-electron chi connectivity index (χ0n) is 19.7. The summed E-state index contributed by atoms with van der Waals surface area (Å²) in [4.78, 5) is 19.0. The van der Waals surface area contributed by atoms with Crippen molar-refractivity contribution in [2.75, 3.05) is 13.1 Å². The quantitative estimate of drug-likeness (QED) is 0.396. The molecule has 0 saturated carbocycles. The number of fused-ring (bicyclic) bond motifs is 1. The molecule has 0 radical (unpaired) electrons. The van der Waals surface area contributed by atoms with Crippen molar-refractivity contribution in [3.05, 3.63) is 76.9 Å². The lowest BCUT2D eigenvalue weighted by atomic mass is 10.00. The van der Waals surface area contributed by atoms with Gasteiger partial charge in [0.1, 0.15) is 18.0 Å². The van der Waals surface area contributed by atoms with E-state index in [4.69, 9.17) is 14.2 Å². The van der Waals surface area contributed by atoms with E-state index in [9.17, 15) is 4.79 Å². The van der Waals surface area contributed by atoms with Gasteiger partial charge in [-0.1, -0.05) is 47.1 Å². The van der Waals surface area contributed by atoms with Gasteiger partial charge in [0.05, 0.1) is 5.69 Å². The van der Waals surface area contributed by atoms with Gasteiger partial charge in [-0.25, -0.2) is 9.78 Å². The van der Waals surface area contributed by atoms with Crippen LogP contribution in [0.15, 0.2) is 58.9 Å². The molecular weight excluding hydrogens is 428 g/mol. The van der Waals surface area contributed by atoms with Gasteiger partial charge in [-0.15, -0.1) is 0 Å². The van der Waals surface area contributed by atoms with Crippen LogP contribution >= 0.6 is 0 Å². The highest BCUT2D eigenvalue weighted by Crippen LogP contribution is 2.31. The number of benzene rings is 1. The molecule has 0 unspecified atom stereocenters. The van der Waals surface area contributed by atoms with Crippen molar-refractivity contribution in [1.29, 1.82) is 0 Å². The van der Waals surface area contributed by atoms with Crippen molar-refractivity contribution < 1.29 is 14.1 Å². The molecule has 0 atom stereocenters. The molecule has 0 N–H and O–H groups in total. The number of hydrogen-bond acceptors (Lipinski definition) is 5. The fraction of sp³-hybridized carbons (Fsp3) is 0.296. The first kappa shape index (κ1) is 21.9. The molecule has 1 fully saturated rings. The molecule has 0 aliphatic carbocycles. The molecule has 1 aliphatic rings. The maximum Gasteiger partial charge on any atom is 0.410 e. The lowest BCUT2D eigenvalue weighted by Crippen LogP contribution is -2.36. The van der Waals surface area contributed by atoms with Crippen molar-refractivity contribution >= 4 is 23.2 Å². The second-order valence-electron chi connectivity index (χ2n) is 8.82. The normalized spacial score (nSPS) is 14.0. The Kier molecular flexibility index (Phi) is 5.92. The number of carbonyl (C=O) groups is 1. The number of piperidine rings is 1. The zero-order valence-corrected chi connectivity index (χ0v) is 19.7. The number of hydrogen-bond donors (Lipinski definition) is 0. The highest BCUT2D eigenvalue weighted by Gasteiger charge is 2.21. The van der Waals surface area contributed by atoms with E-state index in [1.165, 1.54) is 5.57 Å². The molecule has 1 aliphatic heterocycles. The average Bonchev–Trinajstić information content (AvgIpc) is 3.36. The van der Waals surface area contributed by atoms with Gasteiger partial charge in [0.15, 0.2) is 0 Å². The first-order valence-corrected chi connectivity index (χ1v) is 11.5. The van der Waals surface area contributed by atoms with Crippen molar-refractivity contribution in [2.24, 2.45) is 7.05 Å². The van der Waals surface area contributed by atoms with Crippen LogP contribution in [-0.4, -0.2) is 38.8 Å². The molecule has 1 aromatic carbocycles. The SMILES string of the molecule is Cc1noc(C)c1-c1cnc2c(c1)c(C=C1CCN(C(=O)OCc3ccccc3)CC1)cn2C. The number of aryl methyl sites for hydroxylation is 3. The molecule has 4 aromatic rings. The summed E-state index contributed by atoms with van der Waals surface area (Å²) in [5.41, 5.74) is 7.25. The third kappa shape index (κ3) is 4.33. The lowest BCUT2D eigenvalue weighted by Gasteiger charge is -2.27. The van der Waals surface area contributed by atoms with E-state index in [0.29, 0.717) is 19.7 Å². The molecule has 1 saturated heterocycles. The van der Waals surface area contributed by atoms with E-state index in [1.807, 2.05) is 57.4 Å². The Balaban J connectivity index is 1.30. The van der Waals surface area contributed by atoms with E-state index >= 15 is 0 Å². The van der Waals surface area contributed by atoms with Gasteiger partial charge in [0.2, 0.25) is 0 Å². The topological polar surface area (TPSA) is 73.4 Å². The number of nitrogens with zero attached hydrogens (tertiary/aromatic N) is 4. The highest BCUT2D eigenvalue weighted by molar-refractivity contribution is 5.91. The van der Waals surface area contributed by atoms with Gasteiger partial charge in [-0.2, -0.15) is 0 Å². The van der Waals surface area contributed by atoms with E-state index in [0.717, 1.165) is 57.6 Å². The van der Waals surface area contributed by atoms with Gasteiger partial charge in [-0.05, 0) is 38.3 Å². The predicted molar refractivity (Wildman–Crippen MR) is 131 cm³/mol. The standard InChI is InChI=1S/C27H28N4O3/c1-18-25(19(2)34-29-18)22-14-24-23(16-30(3)26(24)28-15-22)13-20-9-11-31(12-10-20)27(32)33-17-21-7-5-4-6-8-21/h4-8,13-16H,9-12,17H2,1-3H3. The van der Waals surface area contributed by atoms with Crippen LogP contribution in [0.2, 0.25) is 0 Å². The minimum Gasteiger partial charge on any atom is -0.445 e. The van der Waals surface area contributed by atoms with Crippen LogP contribution < -0.4 is 0 Å². The van der Waals surface area contributed by atoms with Crippen molar-refractivity contribution in [3.8, 4) is 11.1 Å². The Bertz CT molecular complexity index is 1340. The molecule has 0 spiro atoms. The molecule has 7 heteroatoms. The minimum absolute atomic E-state index is 0.249. The smallest absolute Gasteiger partial charge is 0.410 e. The van der Waals surface area contributed by atoms with Gasteiger partial charge in [0.25, 0.3) is 0 Å². The first-order chi connectivity index (χ1) is 16.5. The van der Waals surface area contributed by atoms with Crippen molar-refractivity contribution in [1.82, 2.24) is 19.6 Å². The summed E-state index contributed by atoms with van der Waals surface area (Å²) in [5, 5.41) is 5.18. The third-order valence-electron chi connectivity index (χ3n) is 6.40. The molecule has 174 valence electrons. The Morgan fingerprint density at radius 3 is 2.65 bits per heavy atom. The molecular formula is C27H28N4O3. The summed E-state index contributed by atoms with van der Waals surface area (Å²) in [6, 6.07) is 11.9. The van der Waals surface area contributed by atoms with Crippen molar-refractivity contribution in [3.63, 3.8) is 0 Å². The van der Waals surface area contributed by atoms with Crippen LogP contribution in [0.4, 0.5) is 4.79 Å². The minimum atomic E-state index is -0.249. The van der Waals surface area contributed by atoms with E-state index in [2.05, 4.69) is 28.1 Å². The monoisotopic (exact) mass is 456 g/mol.